The van der Waals surface area contributed by atoms with Crippen molar-refractivity contribution in [3.05, 3.63) is 53.9 Å². The Morgan fingerprint density at radius 2 is 1.85 bits per heavy atom. The quantitative estimate of drug-likeness (QED) is 0.691. The average Bonchev–Trinajstić information content (AvgIpc) is 3.08. The highest BCUT2D eigenvalue weighted by Crippen LogP contribution is 2.29. The summed E-state index contributed by atoms with van der Waals surface area (Å²) in [5.41, 5.74) is 1.95. The van der Waals surface area contributed by atoms with Gasteiger partial charge in [-0.05, 0) is 51.1 Å². The van der Waals surface area contributed by atoms with E-state index in [1.165, 1.54) is 0 Å². The summed E-state index contributed by atoms with van der Waals surface area (Å²) in [4.78, 5) is 17.0. The summed E-state index contributed by atoms with van der Waals surface area (Å²) >= 11 is 0. The van der Waals surface area contributed by atoms with Gasteiger partial charge in [0.1, 0.15) is 11.6 Å². The predicted molar refractivity (Wildman–Crippen MR) is 98.7 cm³/mol. The van der Waals surface area contributed by atoms with Crippen LogP contribution in [0.1, 0.15) is 43.1 Å². The standard InChI is InChI=1S/C20H22N2O4/c1-4-24-17-11-10-14(12-18(17)25-5-2)19(23)21-13(3)20-22-15-8-6-7-9-16(15)26-20/h6-13H,4-5H2,1-3H3,(H,21,23). The van der Waals surface area contributed by atoms with Gasteiger partial charge in [-0.1, -0.05) is 12.1 Å². The number of carbonyl (C=O) groups is 1. The SMILES string of the molecule is CCOc1ccc(C(=O)NC(C)c2nc3ccccc3o2)cc1OCC. The monoisotopic (exact) mass is 354 g/mol. The van der Waals surface area contributed by atoms with Gasteiger partial charge in [-0.15, -0.1) is 0 Å². The van der Waals surface area contributed by atoms with Crippen molar-refractivity contribution in [2.24, 2.45) is 0 Å². The fourth-order valence-electron chi connectivity index (χ4n) is 2.61. The highest BCUT2D eigenvalue weighted by molar-refractivity contribution is 5.95. The molecule has 0 aliphatic heterocycles. The van der Waals surface area contributed by atoms with Crippen LogP contribution in [0.15, 0.2) is 46.9 Å². The van der Waals surface area contributed by atoms with Gasteiger partial charge in [0, 0.05) is 5.56 Å². The first kappa shape index (κ1) is 17.8. The molecule has 26 heavy (non-hydrogen) atoms. The number of fused-ring (bicyclic) bond motifs is 1. The largest absolute Gasteiger partial charge is 0.490 e. The molecular formula is C20H22N2O4. The lowest BCUT2D eigenvalue weighted by Gasteiger charge is -2.14. The van der Waals surface area contributed by atoms with Crippen molar-refractivity contribution in [2.45, 2.75) is 26.8 Å². The molecule has 6 heteroatoms. The molecule has 0 saturated heterocycles. The van der Waals surface area contributed by atoms with Crippen LogP contribution >= 0.6 is 0 Å². The van der Waals surface area contributed by atoms with E-state index in [-0.39, 0.29) is 11.9 Å². The number of amides is 1. The van der Waals surface area contributed by atoms with Gasteiger partial charge in [-0.3, -0.25) is 4.79 Å². The minimum atomic E-state index is -0.364. The van der Waals surface area contributed by atoms with Crippen LogP contribution in [0.2, 0.25) is 0 Å². The molecule has 1 N–H and O–H groups in total. The number of ether oxygens (including phenoxy) is 2. The first-order chi connectivity index (χ1) is 12.6. The van der Waals surface area contributed by atoms with Crippen molar-refractivity contribution in [1.82, 2.24) is 10.3 Å². The zero-order chi connectivity index (χ0) is 18.5. The zero-order valence-corrected chi connectivity index (χ0v) is 15.1. The van der Waals surface area contributed by atoms with Gasteiger partial charge in [-0.25, -0.2) is 4.98 Å². The molecule has 0 radical (unpaired) electrons. The molecular weight excluding hydrogens is 332 g/mol. The lowest BCUT2D eigenvalue weighted by atomic mass is 10.1. The topological polar surface area (TPSA) is 73.6 Å². The van der Waals surface area contributed by atoms with Crippen LogP contribution in [0, 0.1) is 0 Å². The van der Waals surface area contributed by atoms with E-state index in [1.807, 2.05) is 45.0 Å². The highest BCUT2D eigenvalue weighted by Gasteiger charge is 2.18. The third kappa shape index (κ3) is 3.79. The second kappa shape index (κ2) is 7.91. The summed E-state index contributed by atoms with van der Waals surface area (Å²) in [6.07, 6.45) is 0. The summed E-state index contributed by atoms with van der Waals surface area (Å²) in [7, 11) is 0. The average molecular weight is 354 g/mol. The minimum Gasteiger partial charge on any atom is -0.490 e. The lowest BCUT2D eigenvalue weighted by molar-refractivity contribution is 0.0934. The first-order valence-corrected chi connectivity index (χ1v) is 8.68. The third-order valence-corrected chi connectivity index (χ3v) is 3.83. The van der Waals surface area contributed by atoms with Crippen molar-refractivity contribution in [3.8, 4) is 11.5 Å². The van der Waals surface area contributed by atoms with Crippen molar-refractivity contribution >= 4 is 17.0 Å². The molecule has 1 atom stereocenters. The normalized spacial score (nSPS) is 12.0. The van der Waals surface area contributed by atoms with E-state index in [4.69, 9.17) is 13.9 Å². The number of nitrogens with zero attached hydrogens (tertiary/aromatic N) is 1. The number of carbonyl (C=O) groups excluding carboxylic acids is 1. The molecule has 1 amide bonds. The number of para-hydroxylation sites is 2. The predicted octanol–water partition coefficient (Wildman–Crippen LogP) is 4.12. The molecule has 0 bridgehead atoms. The maximum atomic E-state index is 12.6. The number of hydrogen-bond donors (Lipinski definition) is 1. The smallest absolute Gasteiger partial charge is 0.252 e. The number of aromatic nitrogens is 1. The fraction of sp³-hybridized carbons (Fsp3) is 0.300. The summed E-state index contributed by atoms with van der Waals surface area (Å²) in [6.45, 7) is 6.64. The van der Waals surface area contributed by atoms with Crippen LogP contribution in [0.25, 0.3) is 11.1 Å². The molecule has 0 aliphatic carbocycles. The zero-order valence-electron chi connectivity index (χ0n) is 15.1. The molecule has 136 valence electrons. The summed E-state index contributed by atoms with van der Waals surface area (Å²) < 4.78 is 16.8. The summed E-state index contributed by atoms with van der Waals surface area (Å²) in [5.74, 6) is 1.41. The Morgan fingerprint density at radius 3 is 2.58 bits per heavy atom. The molecule has 1 unspecified atom stereocenters. The second-order valence-electron chi connectivity index (χ2n) is 5.74. The molecule has 3 rings (SSSR count). The summed E-state index contributed by atoms with van der Waals surface area (Å²) in [5, 5.41) is 2.90. The number of nitrogens with one attached hydrogen (secondary N) is 1. The Hall–Kier alpha value is -3.02. The highest BCUT2D eigenvalue weighted by atomic mass is 16.5. The Bertz CT molecular complexity index is 871. The van der Waals surface area contributed by atoms with Crippen LogP contribution in [0.4, 0.5) is 0 Å². The van der Waals surface area contributed by atoms with E-state index in [9.17, 15) is 4.79 Å². The Labute approximate surface area is 152 Å². The number of oxazole rings is 1. The number of rotatable bonds is 7. The minimum absolute atomic E-state index is 0.233. The molecule has 0 spiro atoms. The summed E-state index contributed by atoms with van der Waals surface area (Å²) in [6, 6.07) is 12.3. The van der Waals surface area contributed by atoms with Gasteiger partial charge in [-0.2, -0.15) is 0 Å². The van der Waals surface area contributed by atoms with Gasteiger partial charge in [0.05, 0.1) is 13.2 Å². The van der Waals surface area contributed by atoms with Crippen molar-refractivity contribution in [1.29, 1.82) is 0 Å². The van der Waals surface area contributed by atoms with E-state index >= 15 is 0 Å². The third-order valence-electron chi connectivity index (χ3n) is 3.83. The van der Waals surface area contributed by atoms with Crippen molar-refractivity contribution in [2.75, 3.05) is 13.2 Å². The van der Waals surface area contributed by atoms with Gasteiger partial charge in [0.15, 0.2) is 17.1 Å². The van der Waals surface area contributed by atoms with Gasteiger partial charge in [0.25, 0.3) is 5.91 Å². The van der Waals surface area contributed by atoms with Crippen LogP contribution in [-0.4, -0.2) is 24.1 Å². The van der Waals surface area contributed by atoms with E-state index in [0.29, 0.717) is 41.7 Å². The molecule has 0 aliphatic rings. The molecule has 3 aromatic rings. The van der Waals surface area contributed by atoms with Crippen molar-refractivity contribution in [3.63, 3.8) is 0 Å². The van der Waals surface area contributed by atoms with E-state index in [1.54, 1.807) is 18.2 Å². The first-order valence-electron chi connectivity index (χ1n) is 8.68. The van der Waals surface area contributed by atoms with E-state index in [0.717, 1.165) is 5.52 Å². The van der Waals surface area contributed by atoms with Gasteiger partial charge < -0.3 is 19.2 Å². The Kier molecular flexibility index (Phi) is 5.41. The van der Waals surface area contributed by atoms with Crippen LogP contribution < -0.4 is 14.8 Å². The van der Waals surface area contributed by atoms with Gasteiger partial charge >= 0.3 is 0 Å². The molecule has 2 aromatic carbocycles. The lowest BCUT2D eigenvalue weighted by Crippen LogP contribution is -2.26. The fourth-order valence-corrected chi connectivity index (χ4v) is 2.61. The maximum absolute atomic E-state index is 12.6. The molecule has 1 heterocycles. The molecule has 1 aromatic heterocycles. The number of benzene rings is 2. The maximum Gasteiger partial charge on any atom is 0.252 e. The Balaban J connectivity index is 1.77. The van der Waals surface area contributed by atoms with Crippen molar-refractivity contribution < 1.29 is 18.7 Å². The van der Waals surface area contributed by atoms with E-state index in [2.05, 4.69) is 10.3 Å². The van der Waals surface area contributed by atoms with Crippen LogP contribution in [-0.2, 0) is 0 Å². The second-order valence-corrected chi connectivity index (χ2v) is 5.74. The van der Waals surface area contributed by atoms with Gasteiger partial charge in [0.2, 0.25) is 5.89 Å². The number of hydrogen-bond acceptors (Lipinski definition) is 5. The molecule has 6 nitrogen and oxygen atoms in total. The Morgan fingerprint density at radius 1 is 1.12 bits per heavy atom. The van der Waals surface area contributed by atoms with E-state index < -0.39 is 0 Å². The van der Waals surface area contributed by atoms with Crippen LogP contribution in [0.5, 0.6) is 11.5 Å². The van der Waals surface area contributed by atoms with Crippen LogP contribution in [0.3, 0.4) is 0 Å². The molecule has 0 fully saturated rings. The molecule has 0 saturated carbocycles.